The van der Waals surface area contributed by atoms with Crippen molar-refractivity contribution in [3.8, 4) is 6.07 Å². The highest BCUT2D eigenvalue weighted by Gasteiger charge is 2.27. The molecule has 3 rings (SSSR count). The van der Waals surface area contributed by atoms with Crippen LogP contribution in [0.3, 0.4) is 0 Å². The third-order valence-electron chi connectivity index (χ3n) is 3.71. The van der Waals surface area contributed by atoms with Gasteiger partial charge in [-0.15, -0.1) is 0 Å². The molecule has 2 aromatic heterocycles. The maximum absolute atomic E-state index is 12.5. The minimum atomic E-state index is -1.44. The van der Waals surface area contributed by atoms with Gasteiger partial charge in [0, 0.05) is 24.2 Å². The Kier molecular flexibility index (Phi) is 5.15. The van der Waals surface area contributed by atoms with E-state index in [9.17, 15) is 14.9 Å². The average Bonchev–Trinajstić information content (AvgIpc) is 3.16. The summed E-state index contributed by atoms with van der Waals surface area (Å²) in [5, 5.41) is 15.9. The second-order valence-electron chi connectivity index (χ2n) is 5.53. The number of hydrogen-bond donors (Lipinski definition) is 1. The van der Waals surface area contributed by atoms with Gasteiger partial charge in [0.25, 0.3) is 5.91 Å². The second-order valence-corrected chi connectivity index (χ2v) is 5.53. The Labute approximate surface area is 149 Å². The summed E-state index contributed by atoms with van der Waals surface area (Å²) in [5.74, 6) is -2.39. The molecule has 0 fully saturated rings. The average molecular weight is 345 g/mol. The monoisotopic (exact) mass is 345 g/mol. The Morgan fingerprint density at radius 1 is 1.12 bits per heavy atom. The van der Waals surface area contributed by atoms with E-state index in [1.165, 1.54) is 6.20 Å². The van der Waals surface area contributed by atoms with Crippen molar-refractivity contribution >= 4 is 17.5 Å². The van der Waals surface area contributed by atoms with E-state index in [2.05, 4.69) is 15.4 Å². The lowest BCUT2D eigenvalue weighted by atomic mass is 9.97. The van der Waals surface area contributed by atoms with Crippen LogP contribution in [0.2, 0.25) is 0 Å². The minimum absolute atomic E-state index is 0.292. The van der Waals surface area contributed by atoms with Crippen molar-refractivity contribution in [3.63, 3.8) is 0 Å². The van der Waals surface area contributed by atoms with Crippen molar-refractivity contribution in [2.24, 2.45) is 5.92 Å². The number of aromatic nitrogens is 3. The van der Waals surface area contributed by atoms with Gasteiger partial charge in [-0.25, -0.2) is 4.98 Å². The van der Waals surface area contributed by atoms with Crippen molar-refractivity contribution < 1.29 is 9.59 Å². The van der Waals surface area contributed by atoms with E-state index in [1.807, 2.05) is 12.3 Å². The zero-order chi connectivity index (χ0) is 18.4. The van der Waals surface area contributed by atoms with Crippen molar-refractivity contribution in [1.29, 1.82) is 5.26 Å². The number of hydrogen-bond acceptors (Lipinski definition) is 5. The molecule has 0 spiro atoms. The largest absolute Gasteiger partial charge is 0.309 e. The van der Waals surface area contributed by atoms with Crippen LogP contribution in [0, 0.1) is 17.2 Å². The predicted molar refractivity (Wildman–Crippen MR) is 94.1 cm³/mol. The Morgan fingerprint density at radius 2 is 1.92 bits per heavy atom. The molecule has 1 atom stereocenters. The van der Waals surface area contributed by atoms with E-state index < -0.39 is 17.6 Å². The van der Waals surface area contributed by atoms with Crippen LogP contribution in [0.15, 0.2) is 67.1 Å². The summed E-state index contributed by atoms with van der Waals surface area (Å²) in [6.07, 6.45) is 5.04. The van der Waals surface area contributed by atoms with Crippen LogP contribution < -0.4 is 5.32 Å². The zero-order valence-electron chi connectivity index (χ0n) is 13.7. The fraction of sp³-hybridized carbons (Fsp3) is 0.105. The molecule has 0 bridgehead atoms. The van der Waals surface area contributed by atoms with E-state index in [4.69, 9.17) is 0 Å². The minimum Gasteiger partial charge on any atom is -0.309 e. The number of pyridine rings is 1. The third kappa shape index (κ3) is 3.99. The number of nitrogens with one attached hydrogen (secondary N) is 1. The maximum atomic E-state index is 12.5. The molecule has 0 aliphatic heterocycles. The van der Waals surface area contributed by atoms with E-state index >= 15 is 0 Å². The van der Waals surface area contributed by atoms with Gasteiger partial charge < -0.3 is 5.32 Å². The van der Waals surface area contributed by atoms with Crippen LogP contribution in [0.4, 0.5) is 5.82 Å². The van der Waals surface area contributed by atoms with E-state index in [0.717, 1.165) is 5.56 Å². The van der Waals surface area contributed by atoms with Crippen LogP contribution in [0.1, 0.15) is 15.9 Å². The molecule has 0 saturated heterocycles. The lowest BCUT2D eigenvalue weighted by molar-refractivity contribution is -0.117. The van der Waals surface area contributed by atoms with E-state index in [1.54, 1.807) is 59.4 Å². The number of amides is 1. The predicted octanol–water partition coefficient (Wildman–Crippen LogP) is 2.29. The normalized spacial score (nSPS) is 11.3. The zero-order valence-corrected chi connectivity index (χ0v) is 13.7. The maximum Gasteiger partial charge on any atom is 0.250 e. The van der Waals surface area contributed by atoms with Gasteiger partial charge in [0.1, 0.15) is 5.82 Å². The third-order valence-corrected chi connectivity index (χ3v) is 3.71. The Bertz CT molecular complexity index is 928. The summed E-state index contributed by atoms with van der Waals surface area (Å²) in [7, 11) is 0. The summed E-state index contributed by atoms with van der Waals surface area (Å²) >= 11 is 0. The van der Waals surface area contributed by atoms with Crippen LogP contribution in [-0.2, 0) is 11.3 Å². The van der Waals surface area contributed by atoms with E-state index in [0.29, 0.717) is 17.9 Å². The Morgan fingerprint density at radius 3 is 2.54 bits per heavy atom. The van der Waals surface area contributed by atoms with Gasteiger partial charge in [-0.1, -0.05) is 30.3 Å². The molecule has 7 nitrogen and oxygen atoms in total. The summed E-state index contributed by atoms with van der Waals surface area (Å²) in [4.78, 5) is 28.7. The number of ketones is 1. The summed E-state index contributed by atoms with van der Waals surface area (Å²) in [6.45, 7) is 0.573. The first-order valence-corrected chi connectivity index (χ1v) is 7.89. The summed E-state index contributed by atoms with van der Waals surface area (Å²) < 4.78 is 1.76. The molecule has 0 aliphatic rings. The number of Topliss-reactive ketones (excluding diaryl/α,β-unsaturated/α-hetero) is 1. The lowest BCUT2D eigenvalue weighted by Crippen LogP contribution is -2.29. The van der Waals surface area contributed by atoms with Crippen molar-refractivity contribution in [2.45, 2.75) is 6.54 Å². The van der Waals surface area contributed by atoms with Gasteiger partial charge >= 0.3 is 0 Å². The van der Waals surface area contributed by atoms with Gasteiger partial charge in [0.2, 0.25) is 0 Å². The molecule has 0 aliphatic carbocycles. The van der Waals surface area contributed by atoms with Crippen LogP contribution in [0.25, 0.3) is 0 Å². The fourth-order valence-electron chi connectivity index (χ4n) is 2.39. The molecule has 7 heteroatoms. The van der Waals surface area contributed by atoms with Crippen molar-refractivity contribution in [2.75, 3.05) is 5.32 Å². The molecular weight excluding hydrogens is 330 g/mol. The van der Waals surface area contributed by atoms with Gasteiger partial charge in [-0.2, -0.15) is 10.4 Å². The molecule has 1 unspecified atom stereocenters. The molecule has 1 aromatic carbocycles. The van der Waals surface area contributed by atoms with Crippen molar-refractivity contribution in [1.82, 2.24) is 14.8 Å². The van der Waals surface area contributed by atoms with Gasteiger partial charge in [0.15, 0.2) is 11.7 Å². The first-order valence-electron chi connectivity index (χ1n) is 7.89. The van der Waals surface area contributed by atoms with Crippen LogP contribution >= 0.6 is 0 Å². The second kappa shape index (κ2) is 7.85. The fourth-order valence-corrected chi connectivity index (χ4v) is 2.39. The number of carbonyl (C=O) groups is 2. The van der Waals surface area contributed by atoms with E-state index in [-0.39, 0.29) is 0 Å². The number of rotatable bonds is 6. The van der Waals surface area contributed by atoms with Gasteiger partial charge in [0.05, 0.1) is 12.6 Å². The molecule has 0 radical (unpaired) electrons. The highest BCUT2D eigenvalue weighted by molar-refractivity contribution is 6.15. The summed E-state index contributed by atoms with van der Waals surface area (Å²) in [6, 6.07) is 15.4. The lowest BCUT2D eigenvalue weighted by Gasteiger charge is -2.09. The number of benzene rings is 1. The topological polar surface area (TPSA) is 101 Å². The quantitative estimate of drug-likeness (QED) is 0.546. The standard InChI is InChI=1S/C19H15N5O2/c20-12-16(19(26)23-17-4-1-2-9-21-17)18(25)15-7-5-14(6-8-15)13-24-11-3-10-22-24/h1-11,16H,13H2,(H,21,23,26). The Hall–Kier alpha value is -3.79. The first kappa shape index (κ1) is 17.0. The van der Waals surface area contributed by atoms with Gasteiger partial charge in [-0.3, -0.25) is 14.3 Å². The summed E-state index contributed by atoms with van der Waals surface area (Å²) in [5.41, 5.74) is 1.26. The molecule has 2 heterocycles. The Balaban J connectivity index is 1.70. The van der Waals surface area contributed by atoms with Crippen LogP contribution in [0.5, 0.6) is 0 Å². The number of anilines is 1. The highest BCUT2D eigenvalue weighted by Crippen LogP contribution is 2.13. The van der Waals surface area contributed by atoms with Crippen LogP contribution in [-0.4, -0.2) is 26.5 Å². The molecule has 1 amide bonds. The van der Waals surface area contributed by atoms with Gasteiger partial charge in [-0.05, 0) is 23.8 Å². The molecule has 128 valence electrons. The number of nitrogens with zero attached hydrogens (tertiary/aromatic N) is 4. The first-order chi connectivity index (χ1) is 12.7. The molecular formula is C19H15N5O2. The molecule has 26 heavy (non-hydrogen) atoms. The molecule has 0 saturated carbocycles. The highest BCUT2D eigenvalue weighted by atomic mass is 16.2. The van der Waals surface area contributed by atoms with Crippen molar-refractivity contribution in [3.05, 3.63) is 78.2 Å². The molecule has 1 N–H and O–H groups in total. The molecule has 3 aromatic rings. The SMILES string of the molecule is N#CC(C(=O)Nc1ccccn1)C(=O)c1ccc(Cn2cccn2)cc1. The number of carbonyl (C=O) groups excluding carboxylic acids is 2. The smallest absolute Gasteiger partial charge is 0.250 e. The number of nitriles is 1.